The summed E-state index contributed by atoms with van der Waals surface area (Å²) in [5, 5.41) is 3.57. The molecule has 2 unspecified atom stereocenters. The van der Waals surface area contributed by atoms with Crippen LogP contribution in [0.5, 0.6) is 0 Å². The van der Waals surface area contributed by atoms with E-state index in [9.17, 15) is 0 Å². The zero-order valence-electron chi connectivity index (χ0n) is 13.1. The molecule has 18 heavy (non-hydrogen) atoms. The molecule has 2 atom stereocenters. The van der Waals surface area contributed by atoms with Gasteiger partial charge in [0.05, 0.1) is 6.61 Å². The molecule has 0 aromatic heterocycles. The van der Waals surface area contributed by atoms with Gasteiger partial charge in [0.15, 0.2) is 0 Å². The van der Waals surface area contributed by atoms with E-state index in [2.05, 4.69) is 45.0 Å². The summed E-state index contributed by atoms with van der Waals surface area (Å²) in [4.78, 5) is 2.62. The van der Waals surface area contributed by atoms with Crippen LogP contribution < -0.4 is 5.32 Å². The van der Waals surface area contributed by atoms with Crippen LogP contribution in [0, 0.1) is 5.41 Å². The normalized spacial score (nSPS) is 28.0. The first-order chi connectivity index (χ1) is 8.44. The second kappa shape index (κ2) is 6.88. The van der Waals surface area contributed by atoms with Crippen LogP contribution >= 0.6 is 0 Å². The summed E-state index contributed by atoms with van der Waals surface area (Å²) in [6.07, 6.45) is 3.97. The maximum atomic E-state index is 5.27. The van der Waals surface area contributed by atoms with E-state index in [-0.39, 0.29) is 0 Å². The number of nitrogens with one attached hydrogen (secondary N) is 1. The van der Waals surface area contributed by atoms with E-state index < -0.39 is 0 Å². The van der Waals surface area contributed by atoms with Gasteiger partial charge in [0.25, 0.3) is 0 Å². The predicted octanol–water partition coefficient (Wildman–Crippen LogP) is 2.51. The topological polar surface area (TPSA) is 24.5 Å². The average Bonchev–Trinajstić information content (AvgIpc) is 2.28. The van der Waals surface area contributed by atoms with Crippen LogP contribution in [0.15, 0.2) is 0 Å². The van der Waals surface area contributed by atoms with Crippen molar-refractivity contribution in [3.05, 3.63) is 0 Å². The molecule has 108 valence electrons. The standard InChI is InChI=1S/C15H32N2O/c1-12(2)17(10-11-18-6)13-8-7-9-15(3,4)14(13)16-5/h12-14,16H,7-11H2,1-6H3. The van der Waals surface area contributed by atoms with Crippen molar-refractivity contribution in [1.29, 1.82) is 0 Å². The van der Waals surface area contributed by atoms with E-state index in [0.717, 1.165) is 13.2 Å². The summed E-state index contributed by atoms with van der Waals surface area (Å²) >= 11 is 0. The first-order valence-corrected chi connectivity index (χ1v) is 7.36. The van der Waals surface area contributed by atoms with Crippen LogP contribution in [0.1, 0.15) is 47.0 Å². The van der Waals surface area contributed by atoms with Crippen molar-refractivity contribution in [3.63, 3.8) is 0 Å². The second-order valence-corrected chi connectivity index (χ2v) is 6.54. The lowest BCUT2D eigenvalue weighted by molar-refractivity contribution is 0.0191. The van der Waals surface area contributed by atoms with Crippen LogP contribution in [-0.2, 0) is 4.74 Å². The maximum absolute atomic E-state index is 5.27. The molecule has 0 heterocycles. The fourth-order valence-electron chi connectivity index (χ4n) is 3.55. The van der Waals surface area contributed by atoms with Gasteiger partial charge in [0.2, 0.25) is 0 Å². The molecule has 3 nitrogen and oxygen atoms in total. The minimum absolute atomic E-state index is 0.387. The van der Waals surface area contributed by atoms with Crippen LogP contribution in [0.25, 0.3) is 0 Å². The number of rotatable bonds is 6. The number of hydrogen-bond donors (Lipinski definition) is 1. The summed E-state index contributed by atoms with van der Waals surface area (Å²) in [5.74, 6) is 0. The van der Waals surface area contributed by atoms with Gasteiger partial charge in [-0.25, -0.2) is 0 Å². The second-order valence-electron chi connectivity index (χ2n) is 6.54. The summed E-state index contributed by atoms with van der Waals surface area (Å²) in [5.41, 5.74) is 0.387. The molecule has 3 heteroatoms. The highest BCUT2D eigenvalue weighted by Gasteiger charge is 2.40. The molecule has 1 aliphatic rings. The number of nitrogens with zero attached hydrogens (tertiary/aromatic N) is 1. The summed E-state index contributed by atoms with van der Waals surface area (Å²) in [6, 6.07) is 1.79. The Balaban J connectivity index is 2.80. The number of ether oxygens (including phenoxy) is 1. The fourth-order valence-corrected chi connectivity index (χ4v) is 3.55. The van der Waals surface area contributed by atoms with Gasteiger partial charge in [0, 0.05) is 31.8 Å². The van der Waals surface area contributed by atoms with Crippen LogP contribution in [0.3, 0.4) is 0 Å². The molecule has 0 aromatic rings. The molecule has 0 spiro atoms. The predicted molar refractivity (Wildman–Crippen MR) is 78.0 cm³/mol. The Morgan fingerprint density at radius 2 is 2.06 bits per heavy atom. The van der Waals surface area contributed by atoms with Gasteiger partial charge in [-0.1, -0.05) is 20.3 Å². The van der Waals surface area contributed by atoms with Gasteiger partial charge in [-0.15, -0.1) is 0 Å². The van der Waals surface area contributed by atoms with E-state index in [1.807, 2.05) is 0 Å². The van der Waals surface area contributed by atoms with E-state index in [0.29, 0.717) is 23.5 Å². The van der Waals surface area contributed by atoms with E-state index in [1.54, 1.807) is 7.11 Å². The smallest absolute Gasteiger partial charge is 0.0589 e. The third kappa shape index (κ3) is 3.69. The molecule has 0 aromatic carbocycles. The minimum Gasteiger partial charge on any atom is -0.383 e. The highest BCUT2D eigenvalue weighted by Crippen LogP contribution is 2.38. The van der Waals surface area contributed by atoms with Gasteiger partial charge in [-0.2, -0.15) is 0 Å². The Kier molecular flexibility index (Phi) is 6.09. The molecule has 0 radical (unpaired) electrons. The molecule has 0 amide bonds. The third-order valence-electron chi connectivity index (χ3n) is 4.50. The number of methoxy groups -OCH3 is 1. The molecule has 1 saturated carbocycles. The van der Waals surface area contributed by atoms with Crippen molar-refractivity contribution in [2.45, 2.75) is 65.1 Å². The van der Waals surface area contributed by atoms with Crippen molar-refractivity contribution in [3.8, 4) is 0 Å². The highest BCUT2D eigenvalue weighted by atomic mass is 16.5. The largest absolute Gasteiger partial charge is 0.383 e. The fraction of sp³-hybridized carbons (Fsp3) is 1.00. The first-order valence-electron chi connectivity index (χ1n) is 7.36. The van der Waals surface area contributed by atoms with Crippen molar-refractivity contribution in [2.24, 2.45) is 5.41 Å². The SMILES string of the molecule is CNC1C(N(CCOC)C(C)C)CCCC1(C)C. The molecule has 0 saturated heterocycles. The lowest BCUT2D eigenvalue weighted by Crippen LogP contribution is -2.59. The van der Waals surface area contributed by atoms with Gasteiger partial charge in [-0.05, 0) is 39.2 Å². The number of likely N-dealkylation sites (N-methyl/N-ethyl adjacent to an activating group) is 1. The van der Waals surface area contributed by atoms with Crippen LogP contribution in [0.4, 0.5) is 0 Å². The molecule has 1 N–H and O–H groups in total. The van der Waals surface area contributed by atoms with Crippen molar-refractivity contribution in [2.75, 3.05) is 27.3 Å². The lowest BCUT2D eigenvalue weighted by atomic mass is 9.70. The molecule has 1 fully saturated rings. The van der Waals surface area contributed by atoms with Crippen molar-refractivity contribution >= 4 is 0 Å². The van der Waals surface area contributed by atoms with E-state index in [1.165, 1.54) is 19.3 Å². The van der Waals surface area contributed by atoms with Gasteiger partial charge in [-0.3, -0.25) is 4.90 Å². The average molecular weight is 256 g/mol. The zero-order valence-corrected chi connectivity index (χ0v) is 13.1. The molecule has 1 aliphatic carbocycles. The zero-order chi connectivity index (χ0) is 13.8. The van der Waals surface area contributed by atoms with E-state index in [4.69, 9.17) is 4.74 Å². The van der Waals surface area contributed by atoms with Gasteiger partial charge >= 0.3 is 0 Å². The molecule has 1 rings (SSSR count). The Morgan fingerprint density at radius 3 is 2.56 bits per heavy atom. The van der Waals surface area contributed by atoms with Crippen LogP contribution in [-0.4, -0.2) is 50.3 Å². The third-order valence-corrected chi connectivity index (χ3v) is 4.50. The molecule has 0 bridgehead atoms. The molecular weight excluding hydrogens is 224 g/mol. The molecule has 0 aliphatic heterocycles. The van der Waals surface area contributed by atoms with Gasteiger partial charge in [0.1, 0.15) is 0 Å². The van der Waals surface area contributed by atoms with Crippen LogP contribution in [0.2, 0.25) is 0 Å². The van der Waals surface area contributed by atoms with Crippen molar-refractivity contribution in [1.82, 2.24) is 10.2 Å². The number of hydrogen-bond acceptors (Lipinski definition) is 3. The highest BCUT2D eigenvalue weighted by molar-refractivity contribution is 4.98. The van der Waals surface area contributed by atoms with Crippen molar-refractivity contribution < 1.29 is 4.74 Å². The Labute approximate surface area is 113 Å². The summed E-state index contributed by atoms with van der Waals surface area (Å²) < 4.78 is 5.27. The first kappa shape index (κ1) is 15.9. The lowest BCUT2D eigenvalue weighted by Gasteiger charge is -2.49. The maximum Gasteiger partial charge on any atom is 0.0589 e. The Bertz CT molecular complexity index is 241. The summed E-state index contributed by atoms with van der Waals surface area (Å²) in [6.45, 7) is 11.2. The minimum atomic E-state index is 0.387. The van der Waals surface area contributed by atoms with Gasteiger partial charge < -0.3 is 10.1 Å². The Morgan fingerprint density at radius 1 is 1.39 bits per heavy atom. The molecular formula is C15H32N2O. The monoisotopic (exact) mass is 256 g/mol. The van der Waals surface area contributed by atoms with E-state index >= 15 is 0 Å². The quantitative estimate of drug-likeness (QED) is 0.790. The summed E-state index contributed by atoms with van der Waals surface area (Å²) in [7, 11) is 3.90. The Hall–Kier alpha value is -0.120.